The summed E-state index contributed by atoms with van der Waals surface area (Å²) >= 11 is 12.2. The van der Waals surface area contributed by atoms with Gasteiger partial charge in [-0.25, -0.2) is 0 Å². The number of amides is 1. The van der Waals surface area contributed by atoms with Gasteiger partial charge in [-0.15, -0.1) is 0 Å². The summed E-state index contributed by atoms with van der Waals surface area (Å²) in [6, 6.07) is 15.7. The summed E-state index contributed by atoms with van der Waals surface area (Å²) in [5.74, 6) is 0.239. The minimum absolute atomic E-state index is 0.0367. The average Bonchev–Trinajstić information content (AvgIpc) is 2.65. The van der Waals surface area contributed by atoms with E-state index in [-0.39, 0.29) is 17.9 Å². The fourth-order valence-electron chi connectivity index (χ4n) is 3.40. The van der Waals surface area contributed by atoms with E-state index in [1.807, 2.05) is 49.4 Å². The Morgan fingerprint density at radius 3 is 2.50 bits per heavy atom. The molecule has 1 atom stereocenters. The molecule has 2 aromatic rings. The van der Waals surface area contributed by atoms with Crippen LogP contribution >= 0.6 is 23.2 Å². The Hall–Kier alpha value is -1.55. The summed E-state index contributed by atoms with van der Waals surface area (Å²) in [7, 11) is 0. The van der Waals surface area contributed by atoms with Crippen LogP contribution in [0.3, 0.4) is 0 Å². The predicted molar refractivity (Wildman–Crippen MR) is 107 cm³/mol. The van der Waals surface area contributed by atoms with E-state index < -0.39 is 0 Å². The van der Waals surface area contributed by atoms with E-state index in [2.05, 4.69) is 10.2 Å². The smallest absolute Gasteiger partial charge is 0.223 e. The standard InChI is InChI=1S/C21H24Cl2N2O/c1-15(16-5-3-2-4-6-16)24-21(26)17-9-11-25(12-10-17)14-18-7-8-19(22)13-20(18)23/h2-8,13,15,17H,9-12,14H2,1H3,(H,24,26)/t15-/m0/s1. The lowest BCUT2D eigenvalue weighted by Gasteiger charge is -2.32. The van der Waals surface area contributed by atoms with Crippen molar-refractivity contribution in [2.45, 2.75) is 32.4 Å². The SMILES string of the molecule is C[C@H](NC(=O)C1CCN(Cc2ccc(Cl)cc2Cl)CC1)c1ccccc1. The van der Waals surface area contributed by atoms with Crippen molar-refractivity contribution in [2.24, 2.45) is 5.92 Å². The highest BCUT2D eigenvalue weighted by Crippen LogP contribution is 2.25. The van der Waals surface area contributed by atoms with Gasteiger partial charge in [0.05, 0.1) is 6.04 Å². The number of hydrogen-bond acceptors (Lipinski definition) is 2. The number of benzene rings is 2. The molecule has 0 aromatic heterocycles. The Balaban J connectivity index is 1.49. The largest absolute Gasteiger partial charge is 0.349 e. The Labute approximate surface area is 165 Å². The lowest BCUT2D eigenvalue weighted by atomic mass is 9.95. The molecule has 0 spiro atoms. The number of nitrogens with zero attached hydrogens (tertiary/aromatic N) is 1. The van der Waals surface area contributed by atoms with Crippen LogP contribution in [0, 0.1) is 5.92 Å². The number of piperidine rings is 1. The maximum atomic E-state index is 12.6. The molecule has 5 heteroatoms. The quantitative estimate of drug-likeness (QED) is 0.771. The Morgan fingerprint density at radius 1 is 1.15 bits per heavy atom. The van der Waals surface area contributed by atoms with Crippen molar-refractivity contribution < 1.29 is 4.79 Å². The van der Waals surface area contributed by atoms with Crippen LogP contribution in [-0.2, 0) is 11.3 Å². The topological polar surface area (TPSA) is 32.3 Å². The number of carbonyl (C=O) groups is 1. The van der Waals surface area contributed by atoms with Gasteiger partial charge in [0, 0.05) is 22.5 Å². The second kappa shape index (κ2) is 8.90. The molecule has 3 nitrogen and oxygen atoms in total. The van der Waals surface area contributed by atoms with Crippen LogP contribution in [0.1, 0.15) is 36.9 Å². The van der Waals surface area contributed by atoms with E-state index in [1.54, 1.807) is 6.07 Å². The molecule has 2 aromatic carbocycles. The molecular formula is C21H24Cl2N2O. The summed E-state index contributed by atoms with van der Waals surface area (Å²) in [6.07, 6.45) is 1.75. The van der Waals surface area contributed by atoms with E-state index in [4.69, 9.17) is 23.2 Å². The zero-order valence-electron chi connectivity index (χ0n) is 14.9. The highest BCUT2D eigenvalue weighted by atomic mass is 35.5. The van der Waals surface area contributed by atoms with E-state index in [0.717, 1.165) is 43.6 Å². The molecule has 0 saturated carbocycles. The molecule has 26 heavy (non-hydrogen) atoms. The van der Waals surface area contributed by atoms with Gasteiger partial charge in [-0.05, 0) is 56.1 Å². The first-order valence-electron chi connectivity index (χ1n) is 9.04. The van der Waals surface area contributed by atoms with E-state index in [9.17, 15) is 4.79 Å². The fourth-order valence-corrected chi connectivity index (χ4v) is 3.87. The monoisotopic (exact) mass is 390 g/mol. The van der Waals surface area contributed by atoms with Crippen LogP contribution in [0.2, 0.25) is 10.0 Å². The first kappa shape index (κ1) is 19.2. The highest BCUT2D eigenvalue weighted by molar-refractivity contribution is 6.35. The van der Waals surface area contributed by atoms with E-state index in [1.165, 1.54) is 0 Å². The van der Waals surface area contributed by atoms with Crippen LogP contribution in [-0.4, -0.2) is 23.9 Å². The van der Waals surface area contributed by atoms with Gasteiger partial charge in [-0.2, -0.15) is 0 Å². The molecule has 1 amide bonds. The van der Waals surface area contributed by atoms with Gasteiger partial charge < -0.3 is 5.32 Å². The number of hydrogen-bond donors (Lipinski definition) is 1. The summed E-state index contributed by atoms with van der Waals surface area (Å²) in [5.41, 5.74) is 2.22. The molecule has 1 fully saturated rings. The second-order valence-corrected chi connectivity index (χ2v) is 7.77. The predicted octanol–water partition coefficient (Wildman–Crippen LogP) is 5.08. The van der Waals surface area contributed by atoms with Crippen molar-refractivity contribution in [3.05, 3.63) is 69.7 Å². The van der Waals surface area contributed by atoms with Crippen molar-refractivity contribution in [1.29, 1.82) is 0 Å². The minimum Gasteiger partial charge on any atom is -0.349 e. The third-order valence-electron chi connectivity index (χ3n) is 5.03. The zero-order chi connectivity index (χ0) is 18.5. The second-order valence-electron chi connectivity index (χ2n) is 6.93. The first-order chi connectivity index (χ1) is 12.5. The molecule has 1 heterocycles. The highest BCUT2D eigenvalue weighted by Gasteiger charge is 2.26. The van der Waals surface area contributed by atoms with Crippen LogP contribution in [0.4, 0.5) is 0 Å². The van der Waals surface area contributed by atoms with E-state index >= 15 is 0 Å². The average molecular weight is 391 g/mol. The van der Waals surface area contributed by atoms with Gasteiger partial charge in [0.25, 0.3) is 0 Å². The third kappa shape index (κ3) is 5.00. The molecule has 1 aliphatic heterocycles. The normalized spacial score (nSPS) is 17.0. The Kier molecular flexibility index (Phi) is 6.58. The van der Waals surface area contributed by atoms with Crippen LogP contribution in [0.15, 0.2) is 48.5 Å². The molecule has 1 N–H and O–H groups in total. The number of halogens is 2. The minimum atomic E-state index is 0.0367. The maximum Gasteiger partial charge on any atom is 0.223 e. The lowest BCUT2D eigenvalue weighted by molar-refractivity contribution is -0.127. The molecule has 1 saturated heterocycles. The molecule has 138 valence electrons. The van der Waals surface area contributed by atoms with Crippen molar-refractivity contribution in [3.63, 3.8) is 0 Å². The molecule has 0 bridgehead atoms. The van der Waals surface area contributed by atoms with Gasteiger partial charge >= 0.3 is 0 Å². The molecule has 3 rings (SSSR count). The van der Waals surface area contributed by atoms with Crippen LogP contribution in [0.25, 0.3) is 0 Å². The maximum absolute atomic E-state index is 12.6. The lowest BCUT2D eigenvalue weighted by Crippen LogP contribution is -2.40. The number of likely N-dealkylation sites (tertiary alicyclic amines) is 1. The van der Waals surface area contributed by atoms with Crippen molar-refractivity contribution in [2.75, 3.05) is 13.1 Å². The van der Waals surface area contributed by atoms with Gasteiger partial charge in [0.2, 0.25) is 5.91 Å². The van der Waals surface area contributed by atoms with Crippen molar-refractivity contribution in [3.8, 4) is 0 Å². The van der Waals surface area contributed by atoms with Gasteiger partial charge in [-0.1, -0.05) is 59.6 Å². The summed E-state index contributed by atoms with van der Waals surface area (Å²) in [6.45, 7) is 4.63. The Bertz CT molecular complexity index is 743. The molecule has 0 radical (unpaired) electrons. The molecule has 1 aliphatic rings. The molecular weight excluding hydrogens is 367 g/mol. The first-order valence-corrected chi connectivity index (χ1v) is 9.80. The van der Waals surface area contributed by atoms with Gasteiger partial charge in [-0.3, -0.25) is 9.69 Å². The Morgan fingerprint density at radius 2 is 1.85 bits per heavy atom. The summed E-state index contributed by atoms with van der Waals surface area (Å²) in [5, 5.41) is 4.51. The summed E-state index contributed by atoms with van der Waals surface area (Å²) in [4.78, 5) is 14.9. The molecule has 0 unspecified atom stereocenters. The number of nitrogens with one attached hydrogen (secondary N) is 1. The summed E-state index contributed by atoms with van der Waals surface area (Å²) < 4.78 is 0. The van der Waals surface area contributed by atoms with Crippen LogP contribution < -0.4 is 5.32 Å². The third-order valence-corrected chi connectivity index (χ3v) is 5.61. The van der Waals surface area contributed by atoms with E-state index in [0.29, 0.717) is 10.0 Å². The van der Waals surface area contributed by atoms with Gasteiger partial charge in [0.15, 0.2) is 0 Å². The van der Waals surface area contributed by atoms with Crippen molar-refractivity contribution in [1.82, 2.24) is 10.2 Å². The number of carbonyl (C=O) groups excluding carboxylic acids is 1. The van der Waals surface area contributed by atoms with Crippen molar-refractivity contribution >= 4 is 29.1 Å². The van der Waals surface area contributed by atoms with Gasteiger partial charge in [0.1, 0.15) is 0 Å². The zero-order valence-corrected chi connectivity index (χ0v) is 16.4. The molecule has 0 aliphatic carbocycles. The van der Waals surface area contributed by atoms with Crippen LogP contribution in [0.5, 0.6) is 0 Å². The fraction of sp³-hybridized carbons (Fsp3) is 0.381. The number of rotatable bonds is 5.